The molecule has 0 saturated carbocycles. The Morgan fingerprint density at radius 3 is 2.68 bits per heavy atom. The topological polar surface area (TPSA) is 105 Å². The first-order chi connectivity index (χ1) is 14.9. The minimum Gasteiger partial charge on any atom is -0.497 e. The van der Waals surface area contributed by atoms with E-state index >= 15 is 0 Å². The molecule has 2 aromatic carbocycles. The molecule has 1 aliphatic rings. The van der Waals surface area contributed by atoms with Crippen LogP contribution in [0.4, 0.5) is 5.69 Å². The third-order valence-electron chi connectivity index (χ3n) is 4.99. The molecule has 7 nitrogen and oxygen atoms in total. The van der Waals surface area contributed by atoms with Gasteiger partial charge in [-0.05, 0) is 31.5 Å². The lowest BCUT2D eigenvalue weighted by atomic mass is 9.80. The number of nitro groups is 1. The van der Waals surface area contributed by atoms with Gasteiger partial charge in [0.15, 0.2) is 5.78 Å². The van der Waals surface area contributed by atoms with E-state index < -0.39 is 10.8 Å². The number of nitrogens with one attached hydrogen (secondary N) is 1. The Hall–Kier alpha value is -3.57. The van der Waals surface area contributed by atoms with E-state index in [1.165, 1.54) is 24.8 Å². The Morgan fingerprint density at radius 2 is 2.03 bits per heavy atom. The number of rotatable bonds is 7. The number of benzene rings is 2. The Morgan fingerprint density at radius 1 is 1.29 bits per heavy atom. The van der Waals surface area contributed by atoms with E-state index in [-0.39, 0.29) is 17.0 Å². The summed E-state index contributed by atoms with van der Waals surface area (Å²) < 4.78 is 5.26. The van der Waals surface area contributed by atoms with Gasteiger partial charge in [0.2, 0.25) is 0 Å². The van der Waals surface area contributed by atoms with Crippen molar-refractivity contribution in [1.82, 2.24) is 5.32 Å². The van der Waals surface area contributed by atoms with Gasteiger partial charge in [0.05, 0.1) is 34.6 Å². The Kier molecular flexibility index (Phi) is 6.78. The van der Waals surface area contributed by atoms with Crippen LogP contribution in [-0.4, -0.2) is 17.8 Å². The van der Waals surface area contributed by atoms with Crippen LogP contribution in [0.25, 0.3) is 0 Å². The smallest absolute Gasteiger partial charge is 0.273 e. The number of para-hydroxylation sites is 1. The number of hydrogen-bond donors (Lipinski definition) is 1. The van der Waals surface area contributed by atoms with Gasteiger partial charge in [-0.3, -0.25) is 14.9 Å². The molecule has 1 aliphatic heterocycles. The maximum Gasteiger partial charge on any atom is 0.273 e. The fourth-order valence-electron chi connectivity index (χ4n) is 3.62. The van der Waals surface area contributed by atoms with Crippen LogP contribution in [0.1, 0.15) is 30.9 Å². The average molecular weight is 436 g/mol. The molecule has 0 aliphatic carbocycles. The van der Waals surface area contributed by atoms with Crippen LogP contribution < -0.4 is 10.1 Å². The van der Waals surface area contributed by atoms with Crippen LogP contribution in [0.5, 0.6) is 5.75 Å². The summed E-state index contributed by atoms with van der Waals surface area (Å²) in [5, 5.41) is 25.4. The number of nitro benzene ring substituents is 1. The number of methoxy groups -OCH3 is 1. The van der Waals surface area contributed by atoms with Gasteiger partial charge in [-0.1, -0.05) is 30.3 Å². The number of dihydropyridines is 1. The van der Waals surface area contributed by atoms with Gasteiger partial charge in [-0.15, -0.1) is 11.8 Å². The minimum atomic E-state index is -0.807. The molecule has 0 spiro atoms. The Bertz CT molecular complexity index is 1150. The molecule has 31 heavy (non-hydrogen) atoms. The van der Waals surface area contributed by atoms with Crippen molar-refractivity contribution >= 4 is 23.2 Å². The maximum absolute atomic E-state index is 12.5. The SMILES string of the molecule is COc1cccc(CSC2=C(C#N)[C@H](c3ccccc3[N+](=O)[O-])C(C(C)=O)=C(C)N2)c1. The number of Topliss-reactive ketones (excluding diaryl/α,β-unsaturated/α-hetero) is 1. The molecule has 0 fully saturated rings. The van der Waals surface area contributed by atoms with Crippen molar-refractivity contribution in [3.8, 4) is 11.8 Å². The highest BCUT2D eigenvalue weighted by atomic mass is 32.2. The van der Waals surface area contributed by atoms with Crippen LogP contribution in [0.15, 0.2) is 70.4 Å². The van der Waals surface area contributed by atoms with E-state index in [2.05, 4.69) is 11.4 Å². The first-order valence-corrected chi connectivity index (χ1v) is 10.5. The molecule has 3 rings (SSSR count). The lowest BCUT2D eigenvalue weighted by Crippen LogP contribution is -2.27. The quantitative estimate of drug-likeness (QED) is 0.491. The summed E-state index contributed by atoms with van der Waals surface area (Å²) in [5.74, 6) is 0.240. The second-order valence-corrected chi connectivity index (χ2v) is 7.95. The van der Waals surface area contributed by atoms with Gasteiger partial charge in [-0.2, -0.15) is 5.26 Å². The zero-order valence-corrected chi connectivity index (χ0v) is 18.2. The van der Waals surface area contributed by atoms with Gasteiger partial charge >= 0.3 is 0 Å². The lowest BCUT2D eigenvalue weighted by Gasteiger charge is -2.29. The van der Waals surface area contributed by atoms with Crippen LogP contribution in [0.3, 0.4) is 0 Å². The number of nitriles is 1. The van der Waals surface area contributed by atoms with Crippen molar-refractivity contribution in [1.29, 1.82) is 5.26 Å². The molecular weight excluding hydrogens is 414 g/mol. The highest BCUT2D eigenvalue weighted by molar-refractivity contribution is 8.02. The molecule has 158 valence electrons. The van der Waals surface area contributed by atoms with Crippen LogP contribution in [0, 0.1) is 21.4 Å². The van der Waals surface area contributed by atoms with E-state index in [0.29, 0.717) is 27.6 Å². The molecule has 0 amide bonds. The summed E-state index contributed by atoms with van der Waals surface area (Å²) in [5.41, 5.74) is 2.44. The predicted octanol–water partition coefficient (Wildman–Crippen LogP) is 4.82. The van der Waals surface area contributed by atoms with Crippen molar-refractivity contribution in [2.45, 2.75) is 25.5 Å². The van der Waals surface area contributed by atoms with Crippen molar-refractivity contribution in [2.24, 2.45) is 0 Å². The van der Waals surface area contributed by atoms with Gasteiger partial charge in [-0.25, -0.2) is 0 Å². The van der Waals surface area contributed by atoms with Gasteiger partial charge in [0.25, 0.3) is 5.69 Å². The van der Waals surface area contributed by atoms with Crippen molar-refractivity contribution in [3.63, 3.8) is 0 Å². The first-order valence-electron chi connectivity index (χ1n) is 9.49. The summed E-state index contributed by atoms with van der Waals surface area (Å²) in [7, 11) is 1.60. The zero-order valence-electron chi connectivity index (χ0n) is 17.3. The summed E-state index contributed by atoms with van der Waals surface area (Å²) in [4.78, 5) is 23.6. The third kappa shape index (κ3) is 4.62. The number of nitrogens with zero attached hydrogens (tertiary/aromatic N) is 2. The van der Waals surface area contributed by atoms with E-state index in [4.69, 9.17) is 4.74 Å². The van der Waals surface area contributed by atoms with E-state index in [1.807, 2.05) is 24.3 Å². The summed E-state index contributed by atoms with van der Waals surface area (Å²) in [6.07, 6.45) is 0. The van der Waals surface area contributed by atoms with E-state index in [0.717, 1.165) is 11.3 Å². The van der Waals surface area contributed by atoms with Gasteiger partial charge < -0.3 is 10.1 Å². The molecule has 1 heterocycles. The number of carbonyl (C=O) groups is 1. The summed E-state index contributed by atoms with van der Waals surface area (Å²) in [6, 6.07) is 16.0. The zero-order chi connectivity index (χ0) is 22.5. The Labute approximate surface area is 184 Å². The van der Waals surface area contributed by atoms with Crippen LogP contribution in [-0.2, 0) is 10.5 Å². The fraction of sp³-hybridized carbons (Fsp3) is 0.217. The average Bonchev–Trinajstić information content (AvgIpc) is 2.76. The molecule has 8 heteroatoms. The van der Waals surface area contributed by atoms with Gasteiger partial charge in [0, 0.05) is 28.7 Å². The predicted molar refractivity (Wildman–Crippen MR) is 119 cm³/mol. The summed E-state index contributed by atoms with van der Waals surface area (Å²) in [6.45, 7) is 3.16. The molecule has 0 unspecified atom stereocenters. The number of hydrogen-bond acceptors (Lipinski definition) is 7. The third-order valence-corrected chi connectivity index (χ3v) is 6.08. The number of allylic oxidation sites excluding steroid dienone is 3. The highest BCUT2D eigenvalue weighted by Crippen LogP contribution is 2.44. The fourth-order valence-corrected chi connectivity index (χ4v) is 4.65. The molecule has 1 atom stereocenters. The second kappa shape index (κ2) is 9.49. The van der Waals surface area contributed by atoms with E-state index in [1.54, 1.807) is 32.2 Å². The molecule has 0 saturated heterocycles. The monoisotopic (exact) mass is 435 g/mol. The number of ketones is 1. The number of carbonyl (C=O) groups excluding carboxylic acids is 1. The first kappa shape index (κ1) is 22.1. The van der Waals surface area contributed by atoms with Crippen LogP contribution >= 0.6 is 11.8 Å². The maximum atomic E-state index is 12.5. The lowest BCUT2D eigenvalue weighted by molar-refractivity contribution is -0.385. The molecule has 0 bridgehead atoms. The van der Waals surface area contributed by atoms with Crippen molar-refractivity contribution in [3.05, 3.63) is 91.6 Å². The summed E-state index contributed by atoms with van der Waals surface area (Å²) >= 11 is 1.41. The minimum absolute atomic E-state index is 0.120. The normalized spacial score (nSPS) is 15.9. The standard InChI is InChI=1S/C23H21N3O4S/c1-14-21(15(2)27)22(18-9-4-5-10-20(18)26(28)29)19(12-24)23(25-14)31-13-16-7-6-8-17(11-16)30-3/h4-11,22,25H,13H2,1-3H3/t22-/m0/s1. The number of thioether (sulfide) groups is 1. The number of ether oxygens (including phenoxy) is 1. The molecule has 0 aromatic heterocycles. The van der Waals surface area contributed by atoms with Crippen molar-refractivity contribution < 1.29 is 14.5 Å². The van der Waals surface area contributed by atoms with Gasteiger partial charge in [0.1, 0.15) is 5.75 Å². The van der Waals surface area contributed by atoms with Crippen molar-refractivity contribution in [2.75, 3.05) is 7.11 Å². The molecule has 0 radical (unpaired) electrons. The van der Waals surface area contributed by atoms with E-state index in [9.17, 15) is 20.2 Å². The second-order valence-electron chi connectivity index (χ2n) is 6.96. The largest absolute Gasteiger partial charge is 0.497 e. The molecular formula is C23H21N3O4S. The molecule has 2 aromatic rings. The molecule has 1 N–H and O–H groups in total. The van der Waals surface area contributed by atoms with Crippen LogP contribution in [0.2, 0.25) is 0 Å². The Balaban J connectivity index is 2.07. The highest BCUT2D eigenvalue weighted by Gasteiger charge is 2.36.